The van der Waals surface area contributed by atoms with Gasteiger partial charge in [-0.3, -0.25) is 4.79 Å². The first-order valence-corrected chi connectivity index (χ1v) is 9.40. The molecule has 1 aromatic heterocycles. The Kier molecular flexibility index (Phi) is 5.57. The first kappa shape index (κ1) is 18.1. The van der Waals surface area contributed by atoms with Gasteiger partial charge in [-0.25, -0.2) is 9.97 Å². The molecule has 6 nitrogen and oxygen atoms in total. The number of carbonyl (C=O) groups excluding carboxylic acids is 1. The van der Waals surface area contributed by atoms with Crippen molar-refractivity contribution in [3.05, 3.63) is 18.1 Å². The average molecular weight is 346 g/mol. The van der Waals surface area contributed by atoms with Crippen LogP contribution < -0.4 is 10.2 Å². The Hall–Kier alpha value is -1.69. The summed E-state index contributed by atoms with van der Waals surface area (Å²) in [6.45, 7) is 9.53. The second-order valence-electron chi connectivity index (χ2n) is 8.17. The Balaban J connectivity index is 1.63. The standard InChI is InChI=1S/C19H30N4O2/c1-19(2,3)18-20-9-6-16(22-18)23-10-4-5-14(13-23)17(24)21-15-7-11-25-12-8-15/h6,9,14-15H,4-5,7-8,10-13H2,1-3H3,(H,21,24). The van der Waals surface area contributed by atoms with Crippen LogP contribution >= 0.6 is 0 Å². The van der Waals surface area contributed by atoms with Gasteiger partial charge in [0.25, 0.3) is 0 Å². The lowest BCUT2D eigenvalue weighted by Crippen LogP contribution is -2.47. The molecule has 2 saturated heterocycles. The van der Waals surface area contributed by atoms with Crippen molar-refractivity contribution in [2.24, 2.45) is 5.92 Å². The quantitative estimate of drug-likeness (QED) is 0.909. The third kappa shape index (κ3) is 4.69. The van der Waals surface area contributed by atoms with Crippen LogP contribution in [0.4, 0.5) is 5.82 Å². The topological polar surface area (TPSA) is 67.4 Å². The van der Waals surface area contributed by atoms with Crippen LogP contribution in [0.5, 0.6) is 0 Å². The number of aromatic nitrogens is 2. The Labute approximate surface area is 150 Å². The van der Waals surface area contributed by atoms with E-state index in [4.69, 9.17) is 9.72 Å². The van der Waals surface area contributed by atoms with Crippen molar-refractivity contribution in [3.8, 4) is 0 Å². The minimum absolute atomic E-state index is 0.0321. The molecule has 0 aromatic carbocycles. The molecule has 6 heteroatoms. The molecule has 2 aliphatic heterocycles. The van der Waals surface area contributed by atoms with E-state index in [1.54, 1.807) is 0 Å². The molecule has 0 radical (unpaired) electrons. The number of hydrogen-bond acceptors (Lipinski definition) is 5. The van der Waals surface area contributed by atoms with Crippen LogP contribution in [0.2, 0.25) is 0 Å². The fourth-order valence-corrected chi connectivity index (χ4v) is 3.45. The predicted molar refractivity (Wildman–Crippen MR) is 97.7 cm³/mol. The number of piperidine rings is 1. The zero-order valence-corrected chi connectivity index (χ0v) is 15.6. The highest BCUT2D eigenvalue weighted by atomic mass is 16.5. The van der Waals surface area contributed by atoms with Gasteiger partial charge in [-0.05, 0) is 31.7 Å². The SMILES string of the molecule is CC(C)(C)c1nccc(N2CCCC(C(=O)NC3CCOCC3)C2)n1. The van der Waals surface area contributed by atoms with Gasteiger partial charge in [0.2, 0.25) is 5.91 Å². The first-order valence-electron chi connectivity index (χ1n) is 9.40. The first-order chi connectivity index (χ1) is 11.9. The monoisotopic (exact) mass is 346 g/mol. The molecule has 2 fully saturated rings. The highest BCUT2D eigenvalue weighted by molar-refractivity contribution is 5.79. The third-order valence-corrected chi connectivity index (χ3v) is 5.00. The van der Waals surface area contributed by atoms with Crippen molar-refractivity contribution in [2.75, 3.05) is 31.2 Å². The fraction of sp³-hybridized carbons (Fsp3) is 0.737. The highest BCUT2D eigenvalue weighted by Gasteiger charge is 2.29. The lowest BCUT2D eigenvalue weighted by molar-refractivity contribution is -0.126. The largest absolute Gasteiger partial charge is 0.381 e. The van der Waals surface area contributed by atoms with Crippen LogP contribution in [0.3, 0.4) is 0 Å². The third-order valence-electron chi connectivity index (χ3n) is 5.00. The number of rotatable bonds is 3. The summed E-state index contributed by atoms with van der Waals surface area (Å²) in [4.78, 5) is 24.0. The van der Waals surface area contributed by atoms with Crippen LogP contribution in [0.15, 0.2) is 12.3 Å². The molecular formula is C19H30N4O2. The van der Waals surface area contributed by atoms with Gasteiger partial charge in [-0.1, -0.05) is 20.8 Å². The van der Waals surface area contributed by atoms with Crippen molar-refractivity contribution in [1.82, 2.24) is 15.3 Å². The molecule has 1 N–H and O–H groups in total. The van der Waals surface area contributed by atoms with E-state index in [0.717, 1.165) is 63.6 Å². The minimum Gasteiger partial charge on any atom is -0.381 e. The summed E-state index contributed by atoms with van der Waals surface area (Å²) in [5.41, 5.74) is -0.0778. The van der Waals surface area contributed by atoms with E-state index >= 15 is 0 Å². The summed E-state index contributed by atoms with van der Waals surface area (Å²) in [6.07, 6.45) is 5.63. The van der Waals surface area contributed by atoms with Crippen LogP contribution in [0.25, 0.3) is 0 Å². The highest BCUT2D eigenvalue weighted by Crippen LogP contribution is 2.25. The Morgan fingerprint density at radius 2 is 2.04 bits per heavy atom. The number of anilines is 1. The predicted octanol–water partition coefficient (Wildman–Crippen LogP) is 2.29. The van der Waals surface area contributed by atoms with Gasteiger partial charge in [0, 0.05) is 44.0 Å². The number of hydrogen-bond donors (Lipinski definition) is 1. The second kappa shape index (κ2) is 7.68. The molecule has 138 valence electrons. The lowest BCUT2D eigenvalue weighted by Gasteiger charge is -2.34. The maximum absolute atomic E-state index is 12.7. The van der Waals surface area contributed by atoms with Gasteiger partial charge in [-0.2, -0.15) is 0 Å². The number of amides is 1. The number of carbonyl (C=O) groups is 1. The van der Waals surface area contributed by atoms with Gasteiger partial charge in [0.05, 0.1) is 5.92 Å². The summed E-state index contributed by atoms with van der Waals surface area (Å²) in [5, 5.41) is 3.22. The summed E-state index contributed by atoms with van der Waals surface area (Å²) in [7, 11) is 0. The lowest BCUT2D eigenvalue weighted by atomic mass is 9.95. The molecule has 3 rings (SSSR count). The second-order valence-corrected chi connectivity index (χ2v) is 8.17. The molecule has 0 bridgehead atoms. The van der Waals surface area contributed by atoms with E-state index < -0.39 is 0 Å². The van der Waals surface area contributed by atoms with Crippen LogP contribution in [0, 0.1) is 5.92 Å². The van der Waals surface area contributed by atoms with Crippen molar-refractivity contribution < 1.29 is 9.53 Å². The van der Waals surface area contributed by atoms with Gasteiger partial charge >= 0.3 is 0 Å². The Morgan fingerprint density at radius 1 is 1.28 bits per heavy atom. The molecule has 1 aromatic rings. The van der Waals surface area contributed by atoms with Crippen molar-refractivity contribution in [2.45, 2.75) is 57.9 Å². The minimum atomic E-state index is -0.0778. The van der Waals surface area contributed by atoms with E-state index in [1.165, 1.54) is 0 Å². The summed E-state index contributed by atoms with van der Waals surface area (Å²) in [5.74, 6) is 1.99. The Bertz CT molecular complexity index is 593. The zero-order valence-electron chi connectivity index (χ0n) is 15.6. The molecular weight excluding hydrogens is 316 g/mol. The summed E-state index contributed by atoms with van der Waals surface area (Å²) < 4.78 is 5.37. The fourth-order valence-electron chi connectivity index (χ4n) is 3.45. The number of ether oxygens (including phenoxy) is 1. The van der Waals surface area contributed by atoms with Gasteiger partial charge in [-0.15, -0.1) is 0 Å². The average Bonchev–Trinajstić information content (AvgIpc) is 2.62. The molecule has 1 unspecified atom stereocenters. The summed E-state index contributed by atoms with van der Waals surface area (Å²) >= 11 is 0. The molecule has 25 heavy (non-hydrogen) atoms. The molecule has 1 amide bonds. The van der Waals surface area contributed by atoms with Crippen molar-refractivity contribution in [1.29, 1.82) is 0 Å². The molecule has 2 aliphatic rings. The number of nitrogens with zero attached hydrogens (tertiary/aromatic N) is 3. The van der Waals surface area contributed by atoms with E-state index in [9.17, 15) is 4.79 Å². The van der Waals surface area contributed by atoms with Gasteiger partial charge < -0.3 is 15.0 Å². The van der Waals surface area contributed by atoms with E-state index in [1.807, 2.05) is 12.3 Å². The molecule has 0 saturated carbocycles. The maximum atomic E-state index is 12.7. The van der Waals surface area contributed by atoms with Crippen LogP contribution in [-0.2, 0) is 14.9 Å². The van der Waals surface area contributed by atoms with Crippen LogP contribution in [0.1, 0.15) is 52.3 Å². The van der Waals surface area contributed by atoms with E-state index in [-0.39, 0.29) is 23.3 Å². The van der Waals surface area contributed by atoms with E-state index in [2.05, 4.69) is 36.0 Å². The smallest absolute Gasteiger partial charge is 0.225 e. The van der Waals surface area contributed by atoms with Gasteiger partial charge in [0.1, 0.15) is 11.6 Å². The maximum Gasteiger partial charge on any atom is 0.225 e. The molecule has 0 spiro atoms. The van der Waals surface area contributed by atoms with Gasteiger partial charge in [0.15, 0.2) is 0 Å². The number of nitrogens with one attached hydrogen (secondary N) is 1. The normalized spacial score (nSPS) is 22.7. The van der Waals surface area contributed by atoms with Crippen LogP contribution in [-0.4, -0.2) is 48.2 Å². The van der Waals surface area contributed by atoms with Crippen molar-refractivity contribution in [3.63, 3.8) is 0 Å². The molecule has 0 aliphatic carbocycles. The van der Waals surface area contributed by atoms with E-state index in [0.29, 0.717) is 0 Å². The summed E-state index contributed by atoms with van der Waals surface area (Å²) in [6, 6.07) is 2.22. The molecule has 1 atom stereocenters. The van der Waals surface area contributed by atoms with Crippen molar-refractivity contribution >= 4 is 11.7 Å². The zero-order chi connectivity index (χ0) is 17.9. The molecule has 3 heterocycles. The Morgan fingerprint density at radius 3 is 2.76 bits per heavy atom.